The number of anilines is 2. The summed E-state index contributed by atoms with van der Waals surface area (Å²) in [5, 5.41) is 10.8. The Bertz CT molecular complexity index is 825. The summed E-state index contributed by atoms with van der Waals surface area (Å²) in [5.41, 5.74) is 3.13. The molecule has 6 heteroatoms. The van der Waals surface area contributed by atoms with Crippen LogP contribution in [0.15, 0.2) is 60.8 Å². The Morgan fingerprint density at radius 3 is 2.46 bits per heavy atom. The topological polar surface area (TPSA) is 41.9 Å². The number of halogens is 1. The minimum atomic E-state index is -0.283. The van der Waals surface area contributed by atoms with E-state index in [1.165, 1.54) is 23.3 Å². The van der Waals surface area contributed by atoms with Gasteiger partial charge < -0.3 is 10.6 Å². The minimum absolute atomic E-state index is 0.283. The smallest absolute Gasteiger partial charge is 0.176 e. The van der Waals surface area contributed by atoms with Crippen LogP contribution in [-0.2, 0) is 6.54 Å². The molecule has 3 aromatic rings. The molecule has 0 fully saturated rings. The maximum absolute atomic E-state index is 12.9. The van der Waals surface area contributed by atoms with Crippen LogP contribution >= 0.6 is 12.2 Å². The number of thiocarbonyl (C=S) groups is 1. The molecular weight excluding hydrogens is 323 g/mol. The van der Waals surface area contributed by atoms with Crippen LogP contribution in [0.4, 0.5) is 15.9 Å². The summed E-state index contributed by atoms with van der Waals surface area (Å²) in [5.74, 6) is 0.371. The number of aromatic nitrogens is 2. The minimum Gasteiger partial charge on any atom is -0.332 e. The number of nitrogens with zero attached hydrogens (tertiary/aromatic N) is 2. The summed E-state index contributed by atoms with van der Waals surface area (Å²) in [6.07, 6.45) is 1.89. The van der Waals surface area contributed by atoms with Gasteiger partial charge in [0.25, 0.3) is 0 Å². The number of aryl methyl sites for hydroxylation is 1. The van der Waals surface area contributed by atoms with E-state index in [1.807, 2.05) is 16.9 Å². The fraction of sp³-hybridized carbons (Fsp3) is 0.111. The molecule has 3 rings (SSSR count). The van der Waals surface area contributed by atoms with E-state index < -0.39 is 0 Å². The molecule has 4 nitrogen and oxygen atoms in total. The average Bonchev–Trinajstić information content (AvgIpc) is 2.99. The van der Waals surface area contributed by atoms with E-state index in [0.29, 0.717) is 23.2 Å². The van der Waals surface area contributed by atoms with Gasteiger partial charge in [-0.05, 0) is 49.0 Å². The number of hydrogen-bond donors (Lipinski definition) is 2. The lowest BCUT2D eigenvalue weighted by atomic mass is 10.1. The highest BCUT2D eigenvalue weighted by molar-refractivity contribution is 7.80. The first-order valence-electron chi connectivity index (χ1n) is 7.51. The molecule has 2 aromatic carbocycles. The van der Waals surface area contributed by atoms with Gasteiger partial charge in [-0.25, -0.2) is 4.39 Å². The highest BCUT2D eigenvalue weighted by atomic mass is 32.1. The Labute approximate surface area is 145 Å². The van der Waals surface area contributed by atoms with Gasteiger partial charge in [0.2, 0.25) is 0 Å². The molecule has 0 bridgehead atoms. The van der Waals surface area contributed by atoms with Crippen molar-refractivity contribution in [2.75, 3.05) is 10.6 Å². The second kappa shape index (κ2) is 7.23. The fourth-order valence-electron chi connectivity index (χ4n) is 2.21. The molecule has 0 aliphatic heterocycles. The van der Waals surface area contributed by atoms with Crippen molar-refractivity contribution >= 4 is 28.8 Å². The SMILES string of the molecule is Cc1ccc(Cn2ccc(NC(=S)Nc3ccc(F)cc3)n2)cc1. The van der Waals surface area contributed by atoms with Gasteiger partial charge in [-0.2, -0.15) is 5.10 Å². The first-order chi connectivity index (χ1) is 11.6. The molecule has 0 unspecified atom stereocenters. The van der Waals surface area contributed by atoms with Gasteiger partial charge in [0.05, 0.1) is 6.54 Å². The molecule has 0 atom stereocenters. The van der Waals surface area contributed by atoms with Crippen molar-refractivity contribution in [3.63, 3.8) is 0 Å². The molecule has 1 aromatic heterocycles. The van der Waals surface area contributed by atoms with Crippen LogP contribution < -0.4 is 10.6 Å². The Morgan fingerprint density at radius 1 is 1.04 bits per heavy atom. The van der Waals surface area contributed by atoms with Crippen LogP contribution in [-0.4, -0.2) is 14.9 Å². The van der Waals surface area contributed by atoms with Crippen LogP contribution in [0.25, 0.3) is 0 Å². The summed E-state index contributed by atoms with van der Waals surface area (Å²) in [6, 6.07) is 16.2. The summed E-state index contributed by atoms with van der Waals surface area (Å²) in [4.78, 5) is 0. The van der Waals surface area contributed by atoms with Crippen molar-refractivity contribution in [2.45, 2.75) is 13.5 Å². The van der Waals surface area contributed by atoms with E-state index in [0.717, 1.165) is 0 Å². The molecule has 0 aliphatic rings. The third kappa shape index (κ3) is 4.39. The highest BCUT2D eigenvalue weighted by Gasteiger charge is 2.03. The van der Waals surface area contributed by atoms with Crippen LogP contribution in [0.3, 0.4) is 0 Å². The largest absolute Gasteiger partial charge is 0.332 e. The summed E-state index contributed by atoms with van der Waals surface area (Å²) in [7, 11) is 0. The van der Waals surface area contributed by atoms with Crippen molar-refractivity contribution in [1.29, 1.82) is 0 Å². The van der Waals surface area contributed by atoms with Gasteiger partial charge in [0.15, 0.2) is 10.9 Å². The molecule has 0 saturated heterocycles. The van der Waals surface area contributed by atoms with Gasteiger partial charge in [-0.15, -0.1) is 0 Å². The molecule has 1 heterocycles. The maximum atomic E-state index is 12.9. The van der Waals surface area contributed by atoms with E-state index in [-0.39, 0.29) is 5.82 Å². The van der Waals surface area contributed by atoms with Crippen molar-refractivity contribution in [3.8, 4) is 0 Å². The Morgan fingerprint density at radius 2 is 1.75 bits per heavy atom. The van der Waals surface area contributed by atoms with E-state index in [2.05, 4.69) is 46.9 Å². The number of nitrogens with one attached hydrogen (secondary N) is 2. The van der Waals surface area contributed by atoms with Crippen molar-refractivity contribution in [2.24, 2.45) is 0 Å². The summed E-state index contributed by atoms with van der Waals surface area (Å²) >= 11 is 5.24. The van der Waals surface area contributed by atoms with E-state index in [9.17, 15) is 4.39 Å². The Kier molecular flexibility index (Phi) is 4.86. The van der Waals surface area contributed by atoms with Gasteiger partial charge in [-0.1, -0.05) is 29.8 Å². The molecular formula is C18H17FN4S. The fourth-order valence-corrected chi connectivity index (χ4v) is 2.43. The zero-order valence-corrected chi connectivity index (χ0v) is 14.0. The molecule has 0 amide bonds. The highest BCUT2D eigenvalue weighted by Crippen LogP contribution is 2.11. The van der Waals surface area contributed by atoms with Crippen LogP contribution in [0.1, 0.15) is 11.1 Å². The Hall–Kier alpha value is -2.73. The molecule has 0 radical (unpaired) electrons. The first kappa shape index (κ1) is 16.1. The lowest BCUT2D eigenvalue weighted by Crippen LogP contribution is -2.19. The standard InChI is InChI=1S/C18H17FN4S/c1-13-2-4-14(5-3-13)12-23-11-10-17(22-23)21-18(24)20-16-8-6-15(19)7-9-16/h2-11H,12H2,1H3,(H2,20,21,22,24). The van der Waals surface area contributed by atoms with E-state index in [4.69, 9.17) is 12.2 Å². The van der Waals surface area contributed by atoms with Crippen LogP contribution in [0.5, 0.6) is 0 Å². The van der Waals surface area contributed by atoms with Crippen molar-refractivity contribution in [3.05, 3.63) is 77.7 Å². The average molecular weight is 340 g/mol. The maximum Gasteiger partial charge on any atom is 0.176 e. The van der Waals surface area contributed by atoms with Gasteiger partial charge in [0.1, 0.15) is 5.82 Å². The first-order valence-corrected chi connectivity index (χ1v) is 7.92. The molecule has 24 heavy (non-hydrogen) atoms. The van der Waals surface area contributed by atoms with Crippen LogP contribution in [0, 0.1) is 12.7 Å². The van der Waals surface area contributed by atoms with Crippen molar-refractivity contribution in [1.82, 2.24) is 9.78 Å². The molecule has 0 saturated carbocycles. The monoisotopic (exact) mass is 340 g/mol. The second-order valence-electron chi connectivity index (χ2n) is 5.47. The Balaban J connectivity index is 1.58. The molecule has 122 valence electrons. The molecule has 0 aliphatic carbocycles. The normalized spacial score (nSPS) is 10.4. The number of rotatable bonds is 4. The predicted octanol–water partition coefficient (Wildman–Crippen LogP) is 4.19. The summed E-state index contributed by atoms with van der Waals surface area (Å²) < 4.78 is 14.7. The lowest BCUT2D eigenvalue weighted by Gasteiger charge is -2.08. The second-order valence-corrected chi connectivity index (χ2v) is 5.88. The zero-order valence-electron chi connectivity index (χ0n) is 13.2. The third-order valence-electron chi connectivity index (χ3n) is 3.45. The van der Waals surface area contributed by atoms with Gasteiger partial charge in [-0.3, -0.25) is 4.68 Å². The summed E-state index contributed by atoms with van der Waals surface area (Å²) in [6.45, 7) is 2.76. The number of hydrogen-bond acceptors (Lipinski definition) is 2. The van der Waals surface area contributed by atoms with Gasteiger partial charge >= 0.3 is 0 Å². The third-order valence-corrected chi connectivity index (χ3v) is 3.65. The number of benzene rings is 2. The zero-order chi connectivity index (χ0) is 16.9. The quantitative estimate of drug-likeness (QED) is 0.699. The van der Waals surface area contributed by atoms with E-state index in [1.54, 1.807) is 12.1 Å². The molecule has 2 N–H and O–H groups in total. The lowest BCUT2D eigenvalue weighted by molar-refractivity contribution is 0.628. The van der Waals surface area contributed by atoms with Crippen molar-refractivity contribution < 1.29 is 4.39 Å². The predicted molar refractivity (Wildman–Crippen MR) is 98.8 cm³/mol. The van der Waals surface area contributed by atoms with Crippen LogP contribution in [0.2, 0.25) is 0 Å². The van der Waals surface area contributed by atoms with E-state index >= 15 is 0 Å². The van der Waals surface area contributed by atoms with Gasteiger partial charge in [0, 0.05) is 18.0 Å². The molecule has 0 spiro atoms.